The van der Waals surface area contributed by atoms with E-state index in [0.29, 0.717) is 24.7 Å². The predicted octanol–water partition coefficient (Wildman–Crippen LogP) is 7.69. The molecule has 0 spiro atoms. The van der Waals surface area contributed by atoms with Gasteiger partial charge >= 0.3 is 0 Å². The number of ketones is 1. The number of ether oxygens (including phenoxy) is 1. The van der Waals surface area contributed by atoms with Gasteiger partial charge in [0.05, 0.1) is 6.61 Å². The number of aryl methyl sites for hydroxylation is 1. The van der Waals surface area contributed by atoms with Gasteiger partial charge in [-0.25, -0.2) is 0 Å². The molecule has 0 heterocycles. The molecule has 5 heteroatoms. The monoisotopic (exact) mass is 466 g/mol. The number of fused-ring (bicyclic) bond motifs is 2. The number of benzene rings is 3. The van der Waals surface area contributed by atoms with Crippen LogP contribution in [0, 0.1) is 0 Å². The van der Waals surface area contributed by atoms with Crippen molar-refractivity contribution in [1.29, 1.82) is 0 Å². The van der Waals surface area contributed by atoms with Crippen LogP contribution < -0.4 is 4.74 Å². The van der Waals surface area contributed by atoms with E-state index in [2.05, 4.69) is 39.9 Å². The molecule has 0 radical (unpaired) electrons. The molecule has 0 saturated heterocycles. The molecule has 0 unspecified atom stereocenters. The van der Waals surface area contributed by atoms with Crippen LogP contribution in [0.15, 0.2) is 48.5 Å². The lowest BCUT2D eigenvalue weighted by atomic mass is 9.90. The zero-order chi connectivity index (χ0) is 23.1. The van der Waals surface area contributed by atoms with Gasteiger partial charge < -0.3 is 9.16 Å². The molecule has 3 aromatic carbocycles. The highest BCUT2D eigenvalue weighted by atomic mass is 35.5. The number of hydrogen-bond acceptors (Lipinski definition) is 3. The Bertz CT molecular complexity index is 1160. The summed E-state index contributed by atoms with van der Waals surface area (Å²) in [6.07, 6.45) is 1.37. The Kier molecular flexibility index (Phi) is 6.23. The second-order valence-corrected chi connectivity index (χ2v) is 15.3. The highest BCUT2D eigenvalue weighted by Crippen LogP contribution is 2.40. The Labute approximate surface area is 196 Å². The van der Waals surface area contributed by atoms with Gasteiger partial charge in [-0.3, -0.25) is 4.79 Å². The van der Waals surface area contributed by atoms with Crippen LogP contribution in [0.3, 0.4) is 0 Å². The lowest BCUT2D eigenvalue weighted by molar-refractivity contribution is 0.0995. The van der Waals surface area contributed by atoms with Gasteiger partial charge in [0.15, 0.2) is 14.1 Å². The van der Waals surface area contributed by atoms with E-state index in [4.69, 9.17) is 20.8 Å². The number of carbonyl (C=O) groups is 1. The zero-order valence-corrected chi connectivity index (χ0v) is 21.3. The first-order valence-corrected chi connectivity index (χ1v) is 14.5. The van der Waals surface area contributed by atoms with Gasteiger partial charge in [-0.2, -0.15) is 0 Å². The van der Waals surface area contributed by atoms with Crippen molar-refractivity contribution in [2.75, 3.05) is 13.2 Å². The van der Waals surface area contributed by atoms with Crippen LogP contribution >= 0.6 is 11.6 Å². The number of hydrogen-bond donors (Lipinski definition) is 0. The van der Waals surface area contributed by atoms with Gasteiger partial charge in [0.25, 0.3) is 0 Å². The molecule has 4 rings (SSSR count). The third kappa shape index (κ3) is 4.50. The Hall–Kier alpha value is -2.14. The fourth-order valence-corrected chi connectivity index (χ4v) is 5.20. The predicted molar refractivity (Wildman–Crippen MR) is 136 cm³/mol. The lowest BCUT2D eigenvalue weighted by Gasteiger charge is -2.36. The first-order valence-electron chi connectivity index (χ1n) is 11.2. The van der Waals surface area contributed by atoms with E-state index in [9.17, 15) is 4.79 Å². The van der Waals surface area contributed by atoms with Crippen molar-refractivity contribution in [3.63, 3.8) is 0 Å². The maximum absolute atomic E-state index is 12.7. The van der Waals surface area contributed by atoms with E-state index < -0.39 is 8.32 Å². The minimum absolute atomic E-state index is 0.188. The first-order chi connectivity index (χ1) is 15.1. The van der Waals surface area contributed by atoms with Crippen molar-refractivity contribution in [2.45, 2.75) is 51.7 Å². The minimum Gasteiger partial charge on any atom is -0.491 e. The second-order valence-electron chi connectivity index (χ2n) is 10.1. The molecular weight excluding hydrogens is 436 g/mol. The molecule has 0 saturated carbocycles. The maximum Gasteiger partial charge on any atom is 0.192 e. The summed E-state index contributed by atoms with van der Waals surface area (Å²) in [5, 5.41) is 2.99. The van der Waals surface area contributed by atoms with Gasteiger partial charge in [0.2, 0.25) is 0 Å². The quantitative estimate of drug-likeness (QED) is 0.276. The fraction of sp³-hybridized carbons (Fsp3) is 0.370. The second kappa shape index (κ2) is 8.66. The molecule has 0 N–H and O–H groups in total. The number of rotatable bonds is 6. The van der Waals surface area contributed by atoms with Gasteiger partial charge in [0, 0.05) is 22.6 Å². The van der Waals surface area contributed by atoms with Crippen LogP contribution in [0.25, 0.3) is 21.9 Å². The molecule has 3 aromatic rings. The molecule has 1 aliphatic carbocycles. The van der Waals surface area contributed by atoms with Crippen LogP contribution in [0.2, 0.25) is 23.2 Å². The van der Waals surface area contributed by atoms with Crippen molar-refractivity contribution in [1.82, 2.24) is 0 Å². The molecular formula is C27H31ClO3Si. The highest BCUT2D eigenvalue weighted by Gasteiger charge is 2.36. The summed E-state index contributed by atoms with van der Waals surface area (Å²) in [4.78, 5) is 12.7. The van der Waals surface area contributed by atoms with E-state index in [0.717, 1.165) is 45.2 Å². The average Bonchev–Trinajstić information content (AvgIpc) is 3.10. The van der Waals surface area contributed by atoms with E-state index in [1.807, 2.05) is 42.5 Å². The maximum atomic E-state index is 12.7. The SMILES string of the molecule is CC(C)(C)[Si](C)(C)OCCOc1ccc(-c2c3c(cc4ccc(Cl)cc24)CCC3=O)cc1. The number of Topliss-reactive ketones (excluding diaryl/α,β-unsaturated/α-hetero) is 1. The highest BCUT2D eigenvalue weighted by molar-refractivity contribution is 6.74. The van der Waals surface area contributed by atoms with Crippen molar-refractivity contribution in [3.8, 4) is 16.9 Å². The lowest BCUT2D eigenvalue weighted by Crippen LogP contribution is -2.41. The van der Waals surface area contributed by atoms with Gasteiger partial charge in [0.1, 0.15) is 12.4 Å². The summed E-state index contributed by atoms with van der Waals surface area (Å²) in [7, 11) is -1.77. The van der Waals surface area contributed by atoms with Gasteiger partial charge in [-0.1, -0.05) is 56.6 Å². The Morgan fingerprint density at radius 1 is 0.938 bits per heavy atom. The summed E-state index contributed by atoms with van der Waals surface area (Å²) in [6, 6.07) is 16.0. The minimum atomic E-state index is -1.77. The Morgan fingerprint density at radius 3 is 2.34 bits per heavy atom. The summed E-state index contributed by atoms with van der Waals surface area (Å²) >= 11 is 6.31. The standard InChI is InChI=1S/C27H31ClO3Si/c1-27(2,3)32(4,5)31-15-14-30-22-11-7-18(8-12-22)25-23-17-21(28)10-6-19(23)16-20-9-13-24(29)26(20)25/h6-8,10-12,16-17H,9,13-15H2,1-5H3. The fourth-order valence-electron chi connectivity index (χ4n) is 4.01. The van der Waals surface area contributed by atoms with Crippen LogP contribution in [0.1, 0.15) is 43.1 Å². The third-order valence-electron chi connectivity index (χ3n) is 6.85. The molecule has 168 valence electrons. The van der Waals surface area contributed by atoms with Crippen molar-refractivity contribution in [3.05, 3.63) is 64.7 Å². The molecule has 0 amide bonds. The van der Waals surface area contributed by atoms with E-state index in [1.54, 1.807) is 0 Å². The molecule has 0 aromatic heterocycles. The number of carbonyl (C=O) groups excluding carboxylic acids is 1. The molecule has 1 aliphatic rings. The van der Waals surface area contributed by atoms with Gasteiger partial charge in [-0.05, 0) is 70.7 Å². The first kappa shape index (κ1) is 23.0. The summed E-state index contributed by atoms with van der Waals surface area (Å²) in [5.74, 6) is 1.01. The van der Waals surface area contributed by atoms with E-state index in [-0.39, 0.29) is 10.8 Å². The van der Waals surface area contributed by atoms with Crippen LogP contribution in [0.5, 0.6) is 5.75 Å². The summed E-state index contributed by atoms with van der Waals surface area (Å²) in [5.41, 5.74) is 3.96. The van der Waals surface area contributed by atoms with Crippen LogP contribution in [-0.2, 0) is 10.8 Å². The summed E-state index contributed by atoms with van der Waals surface area (Å²) < 4.78 is 12.1. The normalized spacial score (nSPS) is 14.1. The molecule has 3 nitrogen and oxygen atoms in total. The average molecular weight is 467 g/mol. The van der Waals surface area contributed by atoms with E-state index >= 15 is 0 Å². The zero-order valence-electron chi connectivity index (χ0n) is 19.5. The van der Waals surface area contributed by atoms with Crippen LogP contribution in [-0.4, -0.2) is 27.3 Å². The molecule has 0 bridgehead atoms. The number of halogens is 1. The molecule has 32 heavy (non-hydrogen) atoms. The summed E-state index contributed by atoms with van der Waals surface area (Å²) in [6.45, 7) is 12.3. The van der Waals surface area contributed by atoms with Crippen LogP contribution in [0.4, 0.5) is 0 Å². The Morgan fingerprint density at radius 2 is 1.66 bits per heavy atom. The Balaban J connectivity index is 1.56. The van der Waals surface area contributed by atoms with E-state index in [1.165, 1.54) is 0 Å². The molecule has 0 atom stereocenters. The van der Waals surface area contributed by atoms with Crippen molar-refractivity contribution < 1.29 is 14.0 Å². The van der Waals surface area contributed by atoms with Crippen molar-refractivity contribution in [2.24, 2.45) is 0 Å². The molecule has 0 fully saturated rings. The largest absolute Gasteiger partial charge is 0.491 e. The topological polar surface area (TPSA) is 35.5 Å². The third-order valence-corrected chi connectivity index (χ3v) is 11.6. The van der Waals surface area contributed by atoms with Gasteiger partial charge in [-0.15, -0.1) is 0 Å². The smallest absolute Gasteiger partial charge is 0.192 e. The molecule has 0 aliphatic heterocycles. The van der Waals surface area contributed by atoms with Crippen molar-refractivity contribution >= 4 is 36.5 Å².